The number of carboxylic acids is 1. The molecule has 0 saturated carbocycles. The van der Waals surface area contributed by atoms with Crippen LogP contribution in [0.2, 0.25) is 0 Å². The number of methoxy groups -OCH3 is 1. The van der Waals surface area contributed by atoms with Gasteiger partial charge in [-0.2, -0.15) is 0 Å². The molecule has 1 heterocycles. The Morgan fingerprint density at radius 1 is 1.25 bits per heavy atom. The first-order chi connectivity index (χ1) is 11.6. The van der Waals surface area contributed by atoms with Crippen LogP contribution in [-0.4, -0.2) is 34.7 Å². The Bertz CT molecular complexity index is 785. The molecule has 126 valence electrons. The summed E-state index contributed by atoms with van der Waals surface area (Å²) in [5.41, 5.74) is 7.19. The summed E-state index contributed by atoms with van der Waals surface area (Å²) >= 11 is 0. The Morgan fingerprint density at radius 3 is 2.62 bits per heavy atom. The molecule has 0 amide bonds. The number of carboxylic acid groups (broad SMARTS) is 1. The fourth-order valence-electron chi connectivity index (χ4n) is 2.26. The molecule has 4 N–H and O–H groups in total. The Kier molecular flexibility index (Phi) is 6.33. The zero-order valence-corrected chi connectivity index (χ0v) is 13.5. The Labute approximate surface area is 140 Å². The Hall–Kier alpha value is -2.86. The monoisotopic (exact) mass is 327 g/mol. The molecule has 6 nitrogen and oxygen atoms in total. The summed E-state index contributed by atoms with van der Waals surface area (Å²) in [7, 11) is 1.62. The molecule has 0 spiro atoms. The summed E-state index contributed by atoms with van der Waals surface area (Å²) in [6.07, 6.45) is 4.39. The molecule has 0 unspecified atom stereocenters. The number of hydrogen-bond donors (Lipinski definition) is 3. The lowest BCUT2D eigenvalue weighted by molar-refractivity contribution is -0.136. The van der Waals surface area contributed by atoms with Gasteiger partial charge < -0.3 is 20.6 Å². The van der Waals surface area contributed by atoms with Crippen LogP contribution in [0, 0.1) is 0 Å². The number of aromatic amines is 1. The maximum absolute atomic E-state index is 10.6. The van der Waals surface area contributed by atoms with Crippen molar-refractivity contribution in [1.82, 2.24) is 9.97 Å². The molecule has 0 saturated heterocycles. The van der Waals surface area contributed by atoms with Crippen molar-refractivity contribution < 1.29 is 14.6 Å². The van der Waals surface area contributed by atoms with E-state index in [1.54, 1.807) is 19.6 Å². The molecule has 0 aliphatic carbocycles. The normalized spacial score (nSPS) is 10.1. The van der Waals surface area contributed by atoms with Crippen molar-refractivity contribution in [2.45, 2.75) is 12.8 Å². The highest BCUT2D eigenvalue weighted by Crippen LogP contribution is 2.21. The van der Waals surface area contributed by atoms with Crippen LogP contribution in [0.3, 0.4) is 0 Å². The number of hydrogen-bond acceptors (Lipinski definition) is 4. The first-order valence-corrected chi connectivity index (χ1v) is 7.58. The van der Waals surface area contributed by atoms with Gasteiger partial charge in [0.1, 0.15) is 5.75 Å². The van der Waals surface area contributed by atoms with Gasteiger partial charge in [-0.3, -0.25) is 4.79 Å². The highest BCUT2D eigenvalue weighted by molar-refractivity contribution is 5.85. The number of rotatable bonds is 5. The molecule has 0 aliphatic rings. The molecule has 3 rings (SSSR count). The highest BCUT2D eigenvalue weighted by Gasteiger charge is 2.02. The van der Waals surface area contributed by atoms with Crippen LogP contribution in [0.15, 0.2) is 48.9 Å². The number of ether oxygens (including phenoxy) is 1. The third-order valence-corrected chi connectivity index (χ3v) is 3.44. The molecule has 0 aliphatic heterocycles. The lowest BCUT2D eigenvalue weighted by Crippen LogP contribution is -2.02. The highest BCUT2D eigenvalue weighted by atomic mass is 16.5. The first-order valence-electron chi connectivity index (χ1n) is 7.58. The van der Waals surface area contributed by atoms with E-state index in [0.29, 0.717) is 6.54 Å². The van der Waals surface area contributed by atoms with E-state index in [9.17, 15) is 4.79 Å². The smallest absolute Gasteiger partial charge is 0.307 e. The minimum Gasteiger partial charge on any atom is -0.497 e. The van der Waals surface area contributed by atoms with E-state index in [1.807, 2.05) is 36.4 Å². The van der Waals surface area contributed by atoms with Crippen LogP contribution < -0.4 is 10.5 Å². The quantitative estimate of drug-likeness (QED) is 0.668. The summed E-state index contributed by atoms with van der Waals surface area (Å²) in [5, 5.41) is 10.8. The van der Waals surface area contributed by atoms with E-state index in [2.05, 4.69) is 9.97 Å². The number of nitrogens with one attached hydrogen (secondary N) is 1. The van der Waals surface area contributed by atoms with Crippen molar-refractivity contribution in [3.05, 3.63) is 60.2 Å². The van der Waals surface area contributed by atoms with Gasteiger partial charge in [0.15, 0.2) is 0 Å². The van der Waals surface area contributed by atoms with Crippen molar-refractivity contribution in [2.75, 3.05) is 13.7 Å². The molecule has 3 aromatic rings. The Morgan fingerprint density at radius 2 is 2.00 bits per heavy atom. The number of aromatic nitrogens is 2. The van der Waals surface area contributed by atoms with Gasteiger partial charge in [0.2, 0.25) is 0 Å². The number of imidazole rings is 1. The van der Waals surface area contributed by atoms with Crippen LogP contribution in [-0.2, 0) is 17.6 Å². The molecule has 2 aromatic carbocycles. The van der Waals surface area contributed by atoms with Gasteiger partial charge in [-0.25, -0.2) is 4.98 Å². The molecule has 0 bridgehead atoms. The predicted molar refractivity (Wildman–Crippen MR) is 93.2 cm³/mol. The second-order valence-electron chi connectivity index (χ2n) is 5.23. The summed E-state index contributed by atoms with van der Waals surface area (Å²) < 4.78 is 5.12. The summed E-state index contributed by atoms with van der Waals surface area (Å²) in [4.78, 5) is 17.4. The second kappa shape index (κ2) is 8.69. The number of carbonyl (C=O) groups is 1. The SMILES string of the molecule is COc1ccc2cc(CC(=O)O)ccc2c1.NCCc1cnc[nH]1. The topological polar surface area (TPSA) is 101 Å². The van der Waals surface area contributed by atoms with Gasteiger partial charge in [0.05, 0.1) is 19.9 Å². The number of benzene rings is 2. The number of H-pyrrole nitrogens is 1. The van der Waals surface area contributed by atoms with E-state index >= 15 is 0 Å². The van der Waals surface area contributed by atoms with Crippen molar-refractivity contribution in [3.8, 4) is 5.75 Å². The summed E-state index contributed by atoms with van der Waals surface area (Å²) in [6, 6.07) is 11.4. The van der Waals surface area contributed by atoms with Crippen LogP contribution in [0.4, 0.5) is 0 Å². The van der Waals surface area contributed by atoms with Gasteiger partial charge in [0, 0.05) is 18.3 Å². The van der Waals surface area contributed by atoms with Crippen LogP contribution in [0.5, 0.6) is 5.75 Å². The maximum Gasteiger partial charge on any atom is 0.307 e. The number of fused-ring (bicyclic) bond motifs is 1. The van der Waals surface area contributed by atoms with Gasteiger partial charge >= 0.3 is 5.97 Å². The average Bonchev–Trinajstić information content (AvgIpc) is 3.08. The molecule has 6 heteroatoms. The largest absolute Gasteiger partial charge is 0.497 e. The molecule has 0 atom stereocenters. The van der Waals surface area contributed by atoms with E-state index in [-0.39, 0.29) is 6.42 Å². The van der Waals surface area contributed by atoms with E-state index in [4.69, 9.17) is 15.6 Å². The van der Waals surface area contributed by atoms with Crippen LogP contribution >= 0.6 is 0 Å². The lowest BCUT2D eigenvalue weighted by Gasteiger charge is -2.04. The van der Waals surface area contributed by atoms with Crippen molar-refractivity contribution in [1.29, 1.82) is 0 Å². The third-order valence-electron chi connectivity index (χ3n) is 3.44. The van der Waals surface area contributed by atoms with E-state index in [1.165, 1.54) is 0 Å². The molecule has 24 heavy (non-hydrogen) atoms. The second-order valence-corrected chi connectivity index (χ2v) is 5.23. The zero-order valence-electron chi connectivity index (χ0n) is 13.5. The van der Waals surface area contributed by atoms with E-state index in [0.717, 1.165) is 34.2 Å². The standard InChI is InChI=1S/C13H12O3.C5H9N3/c1-16-12-5-4-10-6-9(7-13(14)15)2-3-11(10)8-12;6-2-1-5-3-7-4-8-5/h2-6,8H,7H2,1H3,(H,14,15);3-4H,1-2,6H2,(H,7,8). The fourth-order valence-corrected chi connectivity index (χ4v) is 2.26. The first kappa shape index (κ1) is 17.5. The fraction of sp³-hybridized carbons (Fsp3) is 0.222. The van der Waals surface area contributed by atoms with Crippen LogP contribution in [0.25, 0.3) is 10.8 Å². The zero-order chi connectivity index (χ0) is 17.4. The van der Waals surface area contributed by atoms with Crippen molar-refractivity contribution in [3.63, 3.8) is 0 Å². The van der Waals surface area contributed by atoms with Gasteiger partial charge in [-0.15, -0.1) is 0 Å². The number of nitrogens with zero attached hydrogens (tertiary/aromatic N) is 1. The molecule has 0 fully saturated rings. The lowest BCUT2D eigenvalue weighted by atomic mass is 10.0. The van der Waals surface area contributed by atoms with Gasteiger partial charge in [-0.05, 0) is 35.0 Å². The van der Waals surface area contributed by atoms with Crippen LogP contribution in [0.1, 0.15) is 11.3 Å². The van der Waals surface area contributed by atoms with Crippen molar-refractivity contribution in [2.24, 2.45) is 5.73 Å². The number of aliphatic carboxylic acids is 1. The summed E-state index contributed by atoms with van der Waals surface area (Å²) in [6.45, 7) is 0.683. The Balaban J connectivity index is 0.000000219. The third kappa shape index (κ3) is 5.10. The molecular weight excluding hydrogens is 306 g/mol. The average molecular weight is 327 g/mol. The van der Waals surface area contributed by atoms with Crippen molar-refractivity contribution >= 4 is 16.7 Å². The number of nitrogens with two attached hydrogens (primary N) is 1. The minimum absolute atomic E-state index is 0.0575. The maximum atomic E-state index is 10.6. The molecule has 0 radical (unpaired) electrons. The van der Waals surface area contributed by atoms with Gasteiger partial charge in [-0.1, -0.05) is 24.3 Å². The minimum atomic E-state index is -0.812. The summed E-state index contributed by atoms with van der Waals surface area (Å²) in [5.74, 6) is -0.00801. The van der Waals surface area contributed by atoms with E-state index < -0.39 is 5.97 Å². The predicted octanol–water partition coefficient (Wildman–Crippen LogP) is 2.39. The molecule has 1 aromatic heterocycles. The van der Waals surface area contributed by atoms with Gasteiger partial charge in [0.25, 0.3) is 0 Å². The molecular formula is C18H21N3O3.